The molecule has 0 aromatic carbocycles. The number of nitrogens with two attached hydrogens (primary N) is 1. The Kier molecular flexibility index (Phi) is 4.43. The van der Waals surface area contributed by atoms with E-state index < -0.39 is 0 Å². The Morgan fingerprint density at radius 1 is 1.76 bits per heavy atom. The number of nitrogen functional groups attached to an aromatic ring is 1. The third-order valence-electron chi connectivity index (χ3n) is 2.27. The molecule has 1 amide bonds. The first-order chi connectivity index (χ1) is 8.08. The SMILES string of the molecule is CC(C#N)CN(C)C(=O)c1ccnc(NN)c1. The van der Waals surface area contributed by atoms with Crippen molar-refractivity contribution in [2.75, 3.05) is 19.0 Å². The van der Waals surface area contributed by atoms with Crippen molar-refractivity contribution in [3.8, 4) is 6.07 Å². The summed E-state index contributed by atoms with van der Waals surface area (Å²) in [7, 11) is 1.66. The number of nitrogens with one attached hydrogen (secondary N) is 1. The molecular formula is C11H15N5O. The molecule has 0 aliphatic rings. The second kappa shape index (κ2) is 5.82. The number of pyridine rings is 1. The van der Waals surface area contributed by atoms with Gasteiger partial charge in [0.05, 0.1) is 12.0 Å². The van der Waals surface area contributed by atoms with E-state index in [0.29, 0.717) is 17.9 Å². The van der Waals surface area contributed by atoms with E-state index in [-0.39, 0.29) is 11.8 Å². The predicted octanol–water partition coefficient (Wildman–Crippen LogP) is 0.599. The lowest BCUT2D eigenvalue weighted by Gasteiger charge is -2.18. The Bertz CT molecular complexity index is 440. The van der Waals surface area contributed by atoms with Gasteiger partial charge in [0.2, 0.25) is 0 Å². The van der Waals surface area contributed by atoms with Gasteiger partial charge in [-0.15, -0.1) is 0 Å². The highest BCUT2D eigenvalue weighted by Crippen LogP contribution is 2.09. The summed E-state index contributed by atoms with van der Waals surface area (Å²) in [5.41, 5.74) is 2.87. The van der Waals surface area contributed by atoms with E-state index in [9.17, 15) is 4.79 Å². The summed E-state index contributed by atoms with van der Waals surface area (Å²) in [6.45, 7) is 2.16. The molecular weight excluding hydrogens is 218 g/mol. The van der Waals surface area contributed by atoms with Gasteiger partial charge >= 0.3 is 0 Å². The van der Waals surface area contributed by atoms with Crippen LogP contribution in [-0.4, -0.2) is 29.4 Å². The number of anilines is 1. The summed E-state index contributed by atoms with van der Waals surface area (Å²) in [4.78, 5) is 17.4. The van der Waals surface area contributed by atoms with Crippen LogP contribution in [0.1, 0.15) is 17.3 Å². The van der Waals surface area contributed by atoms with Gasteiger partial charge in [0, 0.05) is 25.4 Å². The number of carbonyl (C=O) groups is 1. The third-order valence-corrected chi connectivity index (χ3v) is 2.27. The van der Waals surface area contributed by atoms with E-state index in [1.54, 1.807) is 26.1 Å². The molecule has 0 saturated heterocycles. The molecule has 1 aromatic heterocycles. The van der Waals surface area contributed by atoms with Gasteiger partial charge in [0.25, 0.3) is 5.91 Å². The van der Waals surface area contributed by atoms with Gasteiger partial charge in [-0.25, -0.2) is 10.8 Å². The van der Waals surface area contributed by atoms with Crippen molar-refractivity contribution in [1.29, 1.82) is 5.26 Å². The maximum absolute atomic E-state index is 12.0. The average molecular weight is 233 g/mol. The van der Waals surface area contributed by atoms with Crippen LogP contribution in [0.2, 0.25) is 0 Å². The zero-order valence-corrected chi connectivity index (χ0v) is 9.84. The number of nitriles is 1. The van der Waals surface area contributed by atoms with E-state index in [4.69, 9.17) is 11.1 Å². The molecule has 1 aromatic rings. The Labute approximate surface area is 100 Å². The fourth-order valence-electron chi connectivity index (χ4n) is 1.40. The monoisotopic (exact) mass is 233 g/mol. The van der Waals surface area contributed by atoms with Crippen LogP contribution >= 0.6 is 0 Å². The second-order valence-electron chi connectivity index (χ2n) is 3.79. The molecule has 1 unspecified atom stereocenters. The molecule has 0 fully saturated rings. The molecule has 1 rings (SSSR count). The average Bonchev–Trinajstić information content (AvgIpc) is 2.37. The van der Waals surface area contributed by atoms with Crippen molar-refractivity contribution in [3.05, 3.63) is 23.9 Å². The lowest BCUT2D eigenvalue weighted by Crippen LogP contribution is -2.30. The van der Waals surface area contributed by atoms with Crippen molar-refractivity contribution in [1.82, 2.24) is 9.88 Å². The zero-order chi connectivity index (χ0) is 12.8. The number of nitrogens with zero attached hydrogens (tertiary/aromatic N) is 3. The van der Waals surface area contributed by atoms with Gasteiger partial charge in [0.15, 0.2) is 0 Å². The molecule has 0 saturated carbocycles. The predicted molar refractivity (Wildman–Crippen MR) is 63.8 cm³/mol. The Morgan fingerprint density at radius 3 is 3.06 bits per heavy atom. The summed E-state index contributed by atoms with van der Waals surface area (Å²) in [6.07, 6.45) is 1.50. The van der Waals surface area contributed by atoms with Crippen LogP contribution in [0.25, 0.3) is 0 Å². The highest BCUT2D eigenvalue weighted by atomic mass is 16.2. The van der Waals surface area contributed by atoms with Crippen molar-refractivity contribution in [2.45, 2.75) is 6.92 Å². The highest BCUT2D eigenvalue weighted by molar-refractivity contribution is 5.94. The largest absolute Gasteiger partial charge is 0.340 e. The van der Waals surface area contributed by atoms with Crippen LogP contribution in [0.5, 0.6) is 0 Å². The van der Waals surface area contributed by atoms with Gasteiger partial charge in [-0.3, -0.25) is 4.79 Å². The molecule has 90 valence electrons. The molecule has 0 spiro atoms. The molecule has 1 heterocycles. The number of carbonyl (C=O) groups excluding carboxylic acids is 1. The fraction of sp³-hybridized carbons (Fsp3) is 0.364. The van der Waals surface area contributed by atoms with E-state index in [1.165, 1.54) is 11.1 Å². The van der Waals surface area contributed by atoms with Crippen molar-refractivity contribution >= 4 is 11.7 Å². The molecule has 0 aliphatic heterocycles. The number of aromatic nitrogens is 1. The molecule has 0 aliphatic carbocycles. The molecule has 0 radical (unpaired) electrons. The highest BCUT2D eigenvalue weighted by Gasteiger charge is 2.14. The fourth-order valence-corrected chi connectivity index (χ4v) is 1.40. The summed E-state index contributed by atoms with van der Waals surface area (Å²) < 4.78 is 0. The van der Waals surface area contributed by atoms with Crippen molar-refractivity contribution in [3.63, 3.8) is 0 Å². The first-order valence-electron chi connectivity index (χ1n) is 5.16. The van der Waals surface area contributed by atoms with Gasteiger partial charge in [0.1, 0.15) is 5.82 Å². The Balaban J connectivity index is 2.78. The first-order valence-corrected chi connectivity index (χ1v) is 5.16. The summed E-state index contributed by atoms with van der Waals surface area (Å²) >= 11 is 0. The van der Waals surface area contributed by atoms with Crippen LogP contribution in [0.15, 0.2) is 18.3 Å². The summed E-state index contributed by atoms with van der Waals surface area (Å²) in [6, 6.07) is 5.26. The third kappa shape index (κ3) is 3.43. The standard InChI is InChI=1S/C11H15N5O/c1-8(6-12)7-16(2)11(17)9-3-4-14-10(5-9)15-13/h3-5,8H,7,13H2,1-2H3,(H,14,15). The topological polar surface area (TPSA) is 95.0 Å². The number of hydrazine groups is 1. The van der Waals surface area contributed by atoms with Crippen LogP contribution in [0, 0.1) is 17.2 Å². The van der Waals surface area contributed by atoms with Crippen LogP contribution < -0.4 is 11.3 Å². The molecule has 1 atom stereocenters. The van der Waals surface area contributed by atoms with Crippen molar-refractivity contribution < 1.29 is 4.79 Å². The quantitative estimate of drug-likeness (QED) is 0.586. The maximum Gasteiger partial charge on any atom is 0.253 e. The lowest BCUT2D eigenvalue weighted by molar-refractivity contribution is 0.0785. The minimum absolute atomic E-state index is 0.161. The maximum atomic E-state index is 12.0. The Morgan fingerprint density at radius 2 is 2.47 bits per heavy atom. The minimum atomic E-state index is -0.196. The van der Waals surface area contributed by atoms with Crippen LogP contribution in [0.3, 0.4) is 0 Å². The number of amides is 1. The number of hydrogen-bond donors (Lipinski definition) is 2. The Hall–Kier alpha value is -2.13. The van der Waals surface area contributed by atoms with Gasteiger partial charge in [-0.2, -0.15) is 5.26 Å². The lowest BCUT2D eigenvalue weighted by atomic mass is 10.1. The van der Waals surface area contributed by atoms with Gasteiger partial charge < -0.3 is 10.3 Å². The van der Waals surface area contributed by atoms with E-state index in [1.807, 2.05) is 0 Å². The normalized spacial score (nSPS) is 11.4. The summed E-state index contributed by atoms with van der Waals surface area (Å²) in [5, 5.41) is 8.69. The summed E-state index contributed by atoms with van der Waals surface area (Å²) in [5.74, 6) is 5.29. The van der Waals surface area contributed by atoms with Gasteiger partial charge in [-0.05, 0) is 19.1 Å². The number of rotatable bonds is 4. The smallest absolute Gasteiger partial charge is 0.253 e. The first kappa shape index (κ1) is 12.9. The molecule has 17 heavy (non-hydrogen) atoms. The molecule has 0 bridgehead atoms. The number of hydrogen-bond acceptors (Lipinski definition) is 5. The van der Waals surface area contributed by atoms with Crippen LogP contribution in [0.4, 0.5) is 5.82 Å². The van der Waals surface area contributed by atoms with Crippen LogP contribution in [-0.2, 0) is 0 Å². The van der Waals surface area contributed by atoms with Crippen molar-refractivity contribution in [2.24, 2.45) is 11.8 Å². The molecule has 6 nitrogen and oxygen atoms in total. The molecule has 3 N–H and O–H groups in total. The van der Waals surface area contributed by atoms with E-state index in [2.05, 4.69) is 16.5 Å². The second-order valence-corrected chi connectivity index (χ2v) is 3.79. The van der Waals surface area contributed by atoms with E-state index >= 15 is 0 Å². The minimum Gasteiger partial charge on any atom is -0.340 e. The molecule has 6 heteroatoms. The van der Waals surface area contributed by atoms with E-state index in [0.717, 1.165) is 0 Å². The van der Waals surface area contributed by atoms with Gasteiger partial charge in [-0.1, -0.05) is 0 Å². The zero-order valence-electron chi connectivity index (χ0n) is 9.84.